The van der Waals surface area contributed by atoms with Crippen LogP contribution < -0.4 is 10.5 Å². The van der Waals surface area contributed by atoms with Crippen LogP contribution in [0.1, 0.15) is 18.4 Å². The number of hydrogen-bond acceptors (Lipinski definition) is 5. The second-order valence-corrected chi connectivity index (χ2v) is 6.15. The normalized spacial score (nSPS) is 19.3. The minimum absolute atomic E-state index is 0.109. The van der Waals surface area contributed by atoms with Crippen LogP contribution in [-0.2, 0) is 19.1 Å². The molecular formula is C18H20N2O5. The lowest BCUT2D eigenvalue weighted by Gasteiger charge is -2.31. The third kappa shape index (κ3) is 3.99. The number of fused-ring (bicyclic) bond motifs is 1. The summed E-state index contributed by atoms with van der Waals surface area (Å²) in [6, 6.07) is 7.36. The lowest BCUT2D eigenvalue weighted by Crippen LogP contribution is -2.45. The Labute approximate surface area is 145 Å². The Balaban J connectivity index is 1.55. The third-order valence-corrected chi connectivity index (χ3v) is 4.40. The minimum atomic E-state index is -0.577. The lowest BCUT2D eigenvalue weighted by atomic mass is 9.97. The first-order valence-electron chi connectivity index (χ1n) is 8.21. The van der Waals surface area contributed by atoms with Gasteiger partial charge < -0.3 is 20.1 Å². The van der Waals surface area contributed by atoms with Gasteiger partial charge in [0.15, 0.2) is 6.61 Å². The van der Waals surface area contributed by atoms with Crippen LogP contribution in [0.5, 0.6) is 5.75 Å². The highest BCUT2D eigenvalue weighted by Crippen LogP contribution is 2.26. The third-order valence-electron chi connectivity index (χ3n) is 4.40. The average molecular weight is 344 g/mol. The van der Waals surface area contributed by atoms with Crippen molar-refractivity contribution in [3.8, 4) is 5.75 Å². The number of piperidine rings is 1. The molecule has 3 rings (SSSR count). The fourth-order valence-electron chi connectivity index (χ4n) is 2.98. The molecule has 2 aliphatic heterocycles. The zero-order valence-corrected chi connectivity index (χ0v) is 13.8. The molecule has 1 atom stereocenters. The SMILES string of the molecule is NC(=O)[C@H]1CCCN(C(=O)COC(=O)C2=Cc3ccccc3OC2)C1. The molecule has 1 fully saturated rings. The fraction of sp³-hybridized carbons (Fsp3) is 0.389. The lowest BCUT2D eigenvalue weighted by molar-refractivity contribution is -0.150. The van der Waals surface area contributed by atoms with Gasteiger partial charge in [0.1, 0.15) is 12.4 Å². The standard InChI is InChI=1S/C18H20N2O5/c19-17(22)13-5-3-7-20(9-13)16(21)11-25-18(23)14-8-12-4-1-2-6-15(12)24-10-14/h1-2,4,6,8,13H,3,5,7,9-11H2,(H2,19,22)/t13-/m0/s1. The van der Waals surface area contributed by atoms with Gasteiger partial charge in [-0.15, -0.1) is 0 Å². The second kappa shape index (κ2) is 7.38. The number of amides is 2. The van der Waals surface area contributed by atoms with Gasteiger partial charge in [0.25, 0.3) is 5.91 Å². The first-order chi connectivity index (χ1) is 12.0. The smallest absolute Gasteiger partial charge is 0.338 e. The molecule has 0 bridgehead atoms. The zero-order valence-electron chi connectivity index (χ0n) is 13.8. The summed E-state index contributed by atoms with van der Waals surface area (Å²) >= 11 is 0. The Morgan fingerprint density at radius 3 is 2.88 bits per heavy atom. The highest BCUT2D eigenvalue weighted by Gasteiger charge is 2.28. The van der Waals surface area contributed by atoms with E-state index in [1.165, 1.54) is 4.90 Å². The van der Waals surface area contributed by atoms with Crippen LogP contribution in [0.2, 0.25) is 0 Å². The summed E-state index contributed by atoms with van der Waals surface area (Å²) in [5.74, 6) is -0.929. The highest BCUT2D eigenvalue weighted by molar-refractivity contribution is 5.96. The van der Waals surface area contributed by atoms with Crippen LogP contribution in [0.15, 0.2) is 29.8 Å². The number of para-hydroxylation sites is 1. The number of likely N-dealkylation sites (tertiary alicyclic amines) is 1. The van der Waals surface area contributed by atoms with E-state index in [9.17, 15) is 14.4 Å². The van der Waals surface area contributed by atoms with Gasteiger partial charge in [-0.3, -0.25) is 9.59 Å². The molecule has 2 amide bonds. The van der Waals surface area contributed by atoms with Gasteiger partial charge in [0.05, 0.1) is 11.5 Å². The molecule has 7 heteroatoms. The van der Waals surface area contributed by atoms with E-state index in [0.717, 1.165) is 5.56 Å². The van der Waals surface area contributed by atoms with Crippen molar-refractivity contribution in [2.24, 2.45) is 11.7 Å². The number of benzene rings is 1. The van der Waals surface area contributed by atoms with E-state index in [0.29, 0.717) is 30.7 Å². The van der Waals surface area contributed by atoms with Crippen LogP contribution in [-0.4, -0.2) is 49.0 Å². The molecule has 7 nitrogen and oxygen atoms in total. The molecule has 0 aromatic heterocycles. The molecule has 132 valence electrons. The van der Waals surface area contributed by atoms with Crippen molar-refractivity contribution in [1.29, 1.82) is 0 Å². The van der Waals surface area contributed by atoms with E-state index in [1.807, 2.05) is 24.3 Å². The monoisotopic (exact) mass is 344 g/mol. The number of nitrogens with two attached hydrogens (primary N) is 1. The average Bonchev–Trinajstić information content (AvgIpc) is 2.65. The van der Waals surface area contributed by atoms with Gasteiger partial charge >= 0.3 is 5.97 Å². The minimum Gasteiger partial charge on any atom is -0.488 e. The summed E-state index contributed by atoms with van der Waals surface area (Å²) in [7, 11) is 0. The zero-order chi connectivity index (χ0) is 17.8. The number of hydrogen-bond donors (Lipinski definition) is 1. The maximum atomic E-state index is 12.2. The number of esters is 1. The number of primary amides is 1. The highest BCUT2D eigenvalue weighted by atomic mass is 16.5. The van der Waals surface area contributed by atoms with Crippen LogP contribution >= 0.6 is 0 Å². The molecule has 0 radical (unpaired) electrons. The summed E-state index contributed by atoms with van der Waals surface area (Å²) in [6.45, 7) is 0.574. The van der Waals surface area contributed by atoms with Gasteiger partial charge in [0.2, 0.25) is 5.91 Å². The molecule has 2 N–H and O–H groups in total. The van der Waals surface area contributed by atoms with Gasteiger partial charge in [0, 0.05) is 18.7 Å². The maximum Gasteiger partial charge on any atom is 0.338 e. The summed E-state index contributed by atoms with van der Waals surface area (Å²) < 4.78 is 10.6. The first kappa shape index (κ1) is 17.0. The number of carbonyl (C=O) groups excluding carboxylic acids is 3. The molecular weight excluding hydrogens is 324 g/mol. The molecule has 0 aliphatic carbocycles. The van der Waals surface area contributed by atoms with Crippen molar-refractivity contribution in [2.75, 3.05) is 26.3 Å². The Kier molecular flexibility index (Phi) is 5.02. The van der Waals surface area contributed by atoms with Crippen LogP contribution in [0.3, 0.4) is 0 Å². The summed E-state index contributed by atoms with van der Waals surface area (Å²) in [4.78, 5) is 37.1. The molecule has 0 spiro atoms. The van der Waals surface area contributed by atoms with E-state index in [1.54, 1.807) is 6.08 Å². The van der Waals surface area contributed by atoms with Crippen LogP contribution in [0.25, 0.3) is 6.08 Å². The van der Waals surface area contributed by atoms with Crippen molar-refractivity contribution in [1.82, 2.24) is 4.90 Å². The summed E-state index contributed by atoms with van der Waals surface area (Å²) in [5.41, 5.74) is 6.46. The van der Waals surface area contributed by atoms with Crippen molar-refractivity contribution < 1.29 is 23.9 Å². The van der Waals surface area contributed by atoms with Crippen molar-refractivity contribution in [3.05, 3.63) is 35.4 Å². The summed E-state index contributed by atoms with van der Waals surface area (Å²) in [6.07, 6.45) is 3.10. The van der Waals surface area contributed by atoms with E-state index in [4.69, 9.17) is 15.2 Å². The van der Waals surface area contributed by atoms with Crippen molar-refractivity contribution in [3.63, 3.8) is 0 Å². The van der Waals surface area contributed by atoms with E-state index in [-0.39, 0.29) is 31.6 Å². The van der Waals surface area contributed by atoms with Crippen LogP contribution in [0, 0.1) is 5.92 Å². The Bertz CT molecular complexity index is 728. The summed E-state index contributed by atoms with van der Waals surface area (Å²) in [5, 5.41) is 0. The van der Waals surface area contributed by atoms with Gasteiger partial charge in [-0.2, -0.15) is 0 Å². The quantitative estimate of drug-likeness (QED) is 0.812. The number of carbonyl (C=O) groups is 3. The molecule has 1 aromatic rings. The topological polar surface area (TPSA) is 98.9 Å². The van der Waals surface area contributed by atoms with Crippen molar-refractivity contribution >= 4 is 23.9 Å². The molecule has 1 saturated heterocycles. The van der Waals surface area contributed by atoms with E-state index >= 15 is 0 Å². The molecule has 1 aromatic carbocycles. The Morgan fingerprint density at radius 2 is 2.08 bits per heavy atom. The Hall–Kier alpha value is -2.83. The largest absolute Gasteiger partial charge is 0.488 e. The predicted octanol–water partition coefficient (Wildman–Crippen LogP) is 0.729. The van der Waals surface area contributed by atoms with Gasteiger partial charge in [-0.1, -0.05) is 18.2 Å². The second-order valence-electron chi connectivity index (χ2n) is 6.15. The first-order valence-corrected chi connectivity index (χ1v) is 8.21. The number of ether oxygens (including phenoxy) is 2. The van der Waals surface area contributed by atoms with Crippen LogP contribution in [0.4, 0.5) is 0 Å². The fourth-order valence-corrected chi connectivity index (χ4v) is 2.98. The molecule has 25 heavy (non-hydrogen) atoms. The maximum absolute atomic E-state index is 12.2. The van der Waals surface area contributed by atoms with Crippen molar-refractivity contribution in [2.45, 2.75) is 12.8 Å². The number of rotatable bonds is 4. The van der Waals surface area contributed by atoms with E-state index < -0.39 is 11.9 Å². The Morgan fingerprint density at radius 1 is 1.28 bits per heavy atom. The molecule has 0 unspecified atom stereocenters. The predicted molar refractivity (Wildman–Crippen MR) is 89.4 cm³/mol. The molecule has 2 aliphatic rings. The van der Waals surface area contributed by atoms with Gasteiger partial charge in [-0.05, 0) is 25.0 Å². The number of nitrogens with zero attached hydrogens (tertiary/aromatic N) is 1. The molecule has 0 saturated carbocycles. The molecule has 2 heterocycles. The van der Waals surface area contributed by atoms with E-state index in [2.05, 4.69) is 0 Å². The van der Waals surface area contributed by atoms with Gasteiger partial charge in [-0.25, -0.2) is 4.79 Å².